The Hall–Kier alpha value is -3.36. The van der Waals surface area contributed by atoms with E-state index in [1.54, 1.807) is 36.1 Å². The zero-order chi connectivity index (χ0) is 22.7. The van der Waals surface area contributed by atoms with Crippen LogP contribution >= 0.6 is 11.6 Å². The molecule has 8 nitrogen and oxygen atoms in total. The zero-order valence-corrected chi connectivity index (χ0v) is 18.3. The van der Waals surface area contributed by atoms with Crippen molar-refractivity contribution in [1.82, 2.24) is 14.8 Å². The SMILES string of the molecule is C=C1Nc2nc(CCCO)nn2[C@@H](c2ccccc2OC)[C@@H]1C(=O)Nc1ccc(Cl)cc1. The number of ether oxygens (including phenoxy) is 1. The zero-order valence-electron chi connectivity index (χ0n) is 17.6. The Kier molecular flexibility index (Phi) is 6.43. The van der Waals surface area contributed by atoms with Crippen LogP contribution in [0.15, 0.2) is 60.8 Å². The van der Waals surface area contributed by atoms with E-state index in [1.807, 2.05) is 24.3 Å². The summed E-state index contributed by atoms with van der Waals surface area (Å²) in [4.78, 5) is 18.0. The first-order valence-electron chi connectivity index (χ1n) is 10.2. The van der Waals surface area contributed by atoms with Crippen molar-refractivity contribution in [2.24, 2.45) is 5.92 Å². The van der Waals surface area contributed by atoms with Gasteiger partial charge in [0.25, 0.3) is 0 Å². The number of benzene rings is 2. The minimum atomic E-state index is -0.693. The summed E-state index contributed by atoms with van der Waals surface area (Å²) < 4.78 is 7.29. The molecule has 1 amide bonds. The first kappa shape index (κ1) is 21.9. The number of rotatable bonds is 7. The highest BCUT2D eigenvalue weighted by atomic mass is 35.5. The van der Waals surface area contributed by atoms with Crippen LogP contribution < -0.4 is 15.4 Å². The molecule has 1 aromatic heterocycles. The van der Waals surface area contributed by atoms with Crippen LogP contribution in [0.4, 0.5) is 11.6 Å². The number of fused-ring (bicyclic) bond motifs is 1. The van der Waals surface area contributed by atoms with Gasteiger partial charge in [-0.25, -0.2) is 4.68 Å². The highest BCUT2D eigenvalue weighted by molar-refractivity contribution is 6.30. The molecule has 0 saturated carbocycles. The Bertz CT molecular complexity index is 1130. The first-order chi connectivity index (χ1) is 15.5. The maximum atomic E-state index is 13.5. The number of methoxy groups -OCH3 is 1. The predicted octanol–water partition coefficient (Wildman–Crippen LogP) is 3.65. The molecule has 2 heterocycles. The summed E-state index contributed by atoms with van der Waals surface area (Å²) in [6, 6.07) is 13.9. The van der Waals surface area contributed by atoms with Crippen molar-refractivity contribution < 1.29 is 14.6 Å². The third kappa shape index (κ3) is 4.32. The summed E-state index contributed by atoms with van der Waals surface area (Å²) in [6.07, 6.45) is 1.06. The van der Waals surface area contributed by atoms with Crippen LogP contribution in [0.25, 0.3) is 0 Å². The molecule has 0 aliphatic carbocycles. The largest absolute Gasteiger partial charge is 0.496 e. The number of hydrogen-bond acceptors (Lipinski definition) is 6. The Morgan fingerprint density at radius 2 is 2.03 bits per heavy atom. The predicted molar refractivity (Wildman–Crippen MR) is 123 cm³/mol. The van der Waals surface area contributed by atoms with Gasteiger partial charge in [0.05, 0.1) is 7.11 Å². The van der Waals surface area contributed by atoms with Crippen molar-refractivity contribution in [2.75, 3.05) is 24.4 Å². The van der Waals surface area contributed by atoms with Gasteiger partial charge in [-0.2, -0.15) is 10.1 Å². The molecule has 32 heavy (non-hydrogen) atoms. The number of aryl methyl sites for hydroxylation is 1. The van der Waals surface area contributed by atoms with Crippen molar-refractivity contribution in [3.8, 4) is 5.75 Å². The van der Waals surface area contributed by atoms with Gasteiger partial charge >= 0.3 is 0 Å². The third-order valence-corrected chi connectivity index (χ3v) is 5.56. The second-order valence-corrected chi connectivity index (χ2v) is 7.87. The lowest BCUT2D eigenvalue weighted by molar-refractivity contribution is -0.119. The number of carbonyl (C=O) groups excluding carboxylic acids is 1. The number of anilines is 2. The monoisotopic (exact) mass is 453 g/mol. The van der Waals surface area contributed by atoms with Crippen LogP contribution in [0.5, 0.6) is 5.75 Å². The van der Waals surface area contributed by atoms with Crippen LogP contribution in [-0.4, -0.2) is 39.5 Å². The van der Waals surface area contributed by atoms with Gasteiger partial charge in [0.2, 0.25) is 11.9 Å². The molecule has 166 valence electrons. The van der Waals surface area contributed by atoms with E-state index in [1.165, 1.54) is 0 Å². The maximum Gasteiger partial charge on any atom is 0.235 e. The number of aliphatic hydroxyl groups excluding tert-OH is 1. The lowest BCUT2D eigenvalue weighted by atomic mass is 9.88. The molecule has 1 aliphatic heterocycles. The number of carbonyl (C=O) groups is 1. The topological polar surface area (TPSA) is 101 Å². The second kappa shape index (κ2) is 9.42. The average molecular weight is 454 g/mol. The summed E-state index contributed by atoms with van der Waals surface area (Å²) in [5.41, 5.74) is 1.91. The van der Waals surface area contributed by atoms with Crippen molar-refractivity contribution >= 4 is 29.1 Å². The van der Waals surface area contributed by atoms with Crippen molar-refractivity contribution in [1.29, 1.82) is 0 Å². The normalized spacial score (nSPS) is 17.4. The highest BCUT2D eigenvalue weighted by Gasteiger charge is 2.41. The van der Waals surface area contributed by atoms with E-state index in [-0.39, 0.29) is 12.5 Å². The van der Waals surface area contributed by atoms with Gasteiger partial charge in [-0.05, 0) is 36.8 Å². The molecular formula is C23H24ClN5O3. The molecule has 0 saturated heterocycles. The van der Waals surface area contributed by atoms with Crippen LogP contribution in [0.3, 0.4) is 0 Å². The minimum Gasteiger partial charge on any atom is -0.496 e. The molecule has 2 atom stereocenters. The first-order valence-corrected chi connectivity index (χ1v) is 10.6. The van der Waals surface area contributed by atoms with E-state index in [9.17, 15) is 9.90 Å². The summed E-state index contributed by atoms with van der Waals surface area (Å²) in [6.45, 7) is 4.17. The molecule has 2 aromatic carbocycles. The highest BCUT2D eigenvalue weighted by Crippen LogP contribution is 2.41. The number of aromatic nitrogens is 3. The fraction of sp³-hybridized carbons (Fsp3) is 0.261. The minimum absolute atomic E-state index is 0.0477. The number of halogens is 1. The molecule has 1 aliphatic rings. The molecule has 0 spiro atoms. The molecule has 0 bridgehead atoms. The summed E-state index contributed by atoms with van der Waals surface area (Å²) >= 11 is 5.97. The lowest BCUT2D eigenvalue weighted by Gasteiger charge is -2.34. The number of nitrogens with one attached hydrogen (secondary N) is 2. The number of aliphatic hydroxyl groups is 1. The molecular weight excluding hydrogens is 430 g/mol. The van der Waals surface area contributed by atoms with Gasteiger partial charge in [-0.3, -0.25) is 4.79 Å². The molecule has 3 aromatic rings. The van der Waals surface area contributed by atoms with Crippen molar-refractivity contribution in [3.05, 3.63) is 77.2 Å². The summed E-state index contributed by atoms with van der Waals surface area (Å²) in [5.74, 6) is 0.762. The van der Waals surface area contributed by atoms with E-state index in [0.29, 0.717) is 46.8 Å². The smallest absolute Gasteiger partial charge is 0.235 e. The Morgan fingerprint density at radius 3 is 2.75 bits per heavy atom. The molecule has 0 radical (unpaired) electrons. The van der Waals surface area contributed by atoms with Crippen LogP contribution in [-0.2, 0) is 11.2 Å². The van der Waals surface area contributed by atoms with Gasteiger partial charge in [0, 0.05) is 35.0 Å². The lowest BCUT2D eigenvalue weighted by Crippen LogP contribution is -2.39. The van der Waals surface area contributed by atoms with Gasteiger partial charge in [-0.15, -0.1) is 0 Å². The fourth-order valence-corrected chi connectivity index (χ4v) is 3.95. The Labute approximate surface area is 190 Å². The van der Waals surface area contributed by atoms with Crippen molar-refractivity contribution in [2.45, 2.75) is 18.9 Å². The van der Waals surface area contributed by atoms with Gasteiger partial charge in [-0.1, -0.05) is 36.4 Å². The molecule has 9 heteroatoms. The Morgan fingerprint density at radius 1 is 1.28 bits per heavy atom. The number of para-hydroxylation sites is 1. The van der Waals surface area contributed by atoms with Crippen LogP contribution in [0.2, 0.25) is 5.02 Å². The number of amides is 1. The van der Waals surface area contributed by atoms with E-state index in [4.69, 9.17) is 16.3 Å². The third-order valence-electron chi connectivity index (χ3n) is 5.31. The molecule has 0 unspecified atom stereocenters. The molecule has 3 N–H and O–H groups in total. The summed E-state index contributed by atoms with van der Waals surface area (Å²) in [5, 5.41) is 20.5. The van der Waals surface area contributed by atoms with Crippen molar-refractivity contribution in [3.63, 3.8) is 0 Å². The number of nitrogens with zero attached hydrogens (tertiary/aromatic N) is 3. The van der Waals surface area contributed by atoms with Gasteiger partial charge < -0.3 is 20.5 Å². The van der Waals surface area contributed by atoms with Crippen LogP contribution in [0.1, 0.15) is 23.9 Å². The second-order valence-electron chi connectivity index (χ2n) is 7.43. The van der Waals surface area contributed by atoms with Crippen LogP contribution in [0, 0.1) is 5.92 Å². The van der Waals surface area contributed by atoms with E-state index in [0.717, 1.165) is 5.56 Å². The molecule has 0 fully saturated rings. The van der Waals surface area contributed by atoms with Gasteiger partial charge in [0.15, 0.2) is 5.82 Å². The quantitative estimate of drug-likeness (QED) is 0.504. The summed E-state index contributed by atoms with van der Waals surface area (Å²) in [7, 11) is 1.59. The average Bonchev–Trinajstić information content (AvgIpc) is 3.20. The fourth-order valence-electron chi connectivity index (χ4n) is 3.82. The number of hydrogen-bond donors (Lipinski definition) is 3. The van der Waals surface area contributed by atoms with E-state index in [2.05, 4.69) is 27.3 Å². The van der Waals surface area contributed by atoms with E-state index < -0.39 is 12.0 Å². The van der Waals surface area contributed by atoms with Gasteiger partial charge in [0.1, 0.15) is 17.7 Å². The standard InChI is InChI=1S/C23H24ClN5O3/c1-14-20(22(31)26-16-11-9-15(24)10-12-16)21(17-6-3-4-7-18(17)32-2)29-23(25-14)27-19(28-29)8-5-13-30/h3-4,6-7,9-12,20-21,30H,1,5,8,13H2,2H3,(H,26,31)(H,25,27,28)/t20-,21+/m1/s1. The van der Waals surface area contributed by atoms with E-state index >= 15 is 0 Å². The molecule has 4 rings (SSSR count). The maximum absolute atomic E-state index is 13.5. The Balaban J connectivity index is 1.76.